The van der Waals surface area contributed by atoms with Gasteiger partial charge in [0.2, 0.25) is 0 Å². The van der Waals surface area contributed by atoms with Gasteiger partial charge in [-0.1, -0.05) is 6.92 Å². The predicted octanol–water partition coefficient (Wildman–Crippen LogP) is -0.232. The molecule has 0 aromatic carbocycles. The molecule has 0 amide bonds. The lowest BCUT2D eigenvalue weighted by molar-refractivity contribution is 0.254. The summed E-state index contributed by atoms with van der Waals surface area (Å²) in [6.07, 6.45) is 2.30. The van der Waals surface area contributed by atoms with Gasteiger partial charge in [0.25, 0.3) is 10.0 Å². The molecule has 0 saturated carbocycles. The zero-order chi connectivity index (χ0) is 11.8. The number of aromatic amines is 1. The highest BCUT2D eigenvalue weighted by Crippen LogP contribution is 2.21. The minimum absolute atomic E-state index is 0.0820. The number of H-pyrrole nitrogens is 1. The van der Waals surface area contributed by atoms with Crippen LogP contribution in [0.5, 0.6) is 0 Å². The van der Waals surface area contributed by atoms with Crippen LogP contribution in [0, 0.1) is 5.92 Å². The Morgan fingerprint density at radius 1 is 1.56 bits per heavy atom. The minimum atomic E-state index is -3.45. The highest BCUT2D eigenvalue weighted by atomic mass is 32.2. The lowest BCUT2D eigenvalue weighted by Gasteiger charge is -2.33. The van der Waals surface area contributed by atoms with Gasteiger partial charge in [0.15, 0.2) is 5.03 Å². The smallest absolute Gasteiger partial charge is 0.260 e. The second kappa shape index (κ2) is 4.15. The summed E-state index contributed by atoms with van der Waals surface area (Å²) in [5.74, 6) is 0.293. The van der Waals surface area contributed by atoms with Gasteiger partial charge in [-0.3, -0.25) is 5.10 Å². The Labute approximate surface area is 94.9 Å². The molecule has 2 rings (SSSR count). The highest BCUT2D eigenvalue weighted by Gasteiger charge is 2.32. The molecular formula is C9H16N4O2S. The summed E-state index contributed by atoms with van der Waals surface area (Å²) in [5, 5.41) is 6.28. The average molecular weight is 244 g/mol. The van der Waals surface area contributed by atoms with E-state index >= 15 is 0 Å². The van der Waals surface area contributed by atoms with E-state index in [1.165, 1.54) is 16.6 Å². The Hall–Kier alpha value is -0.920. The number of nitrogens with one attached hydrogen (secondary N) is 1. The molecule has 1 fully saturated rings. The van der Waals surface area contributed by atoms with Gasteiger partial charge >= 0.3 is 0 Å². The summed E-state index contributed by atoms with van der Waals surface area (Å²) in [5.41, 5.74) is 5.83. The van der Waals surface area contributed by atoms with Crippen molar-refractivity contribution in [3.8, 4) is 0 Å². The van der Waals surface area contributed by atoms with Crippen LogP contribution >= 0.6 is 0 Å². The molecule has 90 valence electrons. The maximum Gasteiger partial charge on any atom is 0.260 e. The molecule has 1 aromatic rings. The van der Waals surface area contributed by atoms with E-state index in [-0.39, 0.29) is 11.1 Å². The third-order valence-electron chi connectivity index (χ3n) is 2.75. The molecule has 2 atom stereocenters. The van der Waals surface area contributed by atoms with Gasteiger partial charge in [-0.15, -0.1) is 0 Å². The number of nitrogens with zero attached hydrogens (tertiary/aromatic N) is 2. The quantitative estimate of drug-likeness (QED) is 0.751. The summed E-state index contributed by atoms with van der Waals surface area (Å²) in [7, 11) is -3.45. The Morgan fingerprint density at radius 3 is 2.88 bits per heavy atom. The van der Waals surface area contributed by atoms with Gasteiger partial charge in [-0.25, -0.2) is 8.42 Å². The van der Waals surface area contributed by atoms with Crippen molar-refractivity contribution < 1.29 is 8.42 Å². The lowest BCUT2D eigenvalue weighted by atomic mass is 9.99. The number of hydrogen-bond acceptors (Lipinski definition) is 4. The number of sulfonamides is 1. The second-order valence-electron chi connectivity index (χ2n) is 4.34. The van der Waals surface area contributed by atoms with E-state index < -0.39 is 10.0 Å². The van der Waals surface area contributed by atoms with Crippen LogP contribution < -0.4 is 5.73 Å². The van der Waals surface area contributed by atoms with Gasteiger partial charge in [0.1, 0.15) is 0 Å². The van der Waals surface area contributed by atoms with E-state index in [0.717, 1.165) is 6.42 Å². The molecule has 1 saturated heterocycles. The molecule has 2 unspecified atom stereocenters. The number of hydrogen-bond donors (Lipinski definition) is 2. The van der Waals surface area contributed by atoms with Crippen molar-refractivity contribution in [3.63, 3.8) is 0 Å². The zero-order valence-electron chi connectivity index (χ0n) is 9.13. The van der Waals surface area contributed by atoms with E-state index in [0.29, 0.717) is 19.0 Å². The summed E-state index contributed by atoms with van der Waals surface area (Å²) < 4.78 is 25.7. The molecule has 7 heteroatoms. The van der Waals surface area contributed by atoms with Crippen LogP contribution in [-0.2, 0) is 10.0 Å². The minimum Gasteiger partial charge on any atom is -0.326 e. The monoisotopic (exact) mass is 244 g/mol. The number of piperidine rings is 1. The van der Waals surface area contributed by atoms with Crippen molar-refractivity contribution in [1.82, 2.24) is 14.5 Å². The second-order valence-corrected chi connectivity index (χ2v) is 6.25. The van der Waals surface area contributed by atoms with Crippen LogP contribution in [-0.4, -0.2) is 42.1 Å². The highest BCUT2D eigenvalue weighted by molar-refractivity contribution is 7.89. The van der Waals surface area contributed by atoms with E-state index in [2.05, 4.69) is 10.2 Å². The van der Waals surface area contributed by atoms with Crippen LogP contribution in [0.2, 0.25) is 0 Å². The Bertz CT molecular complexity index is 432. The standard InChI is InChI=1S/C9H16N4O2S/c1-7-4-8(10)6-13(5-7)16(14,15)9-2-3-11-12-9/h2-3,7-8H,4-6,10H2,1H3,(H,11,12). The van der Waals surface area contributed by atoms with Gasteiger partial charge in [-0.05, 0) is 18.4 Å². The topological polar surface area (TPSA) is 92.1 Å². The first-order valence-corrected chi connectivity index (χ1v) is 6.69. The number of aromatic nitrogens is 2. The van der Waals surface area contributed by atoms with Crippen LogP contribution in [0.15, 0.2) is 17.3 Å². The van der Waals surface area contributed by atoms with Gasteiger partial charge in [0.05, 0.1) is 6.20 Å². The summed E-state index contributed by atoms with van der Waals surface area (Å²) in [4.78, 5) is 0. The molecule has 6 nitrogen and oxygen atoms in total. The van der Waals surface area contributed by atoms with Crippen molar-refractivity contribution >= 4 is 10.0 Å². The SMILES string of the molecule is CC1CC(N)CN(S(=O)(=O)c2ccn[nH]2)C1. The molecule has 2 heterocycles. The fourth-order valence-electron chi connectivity index (χ4n) is 2.07. The molecule has 0 bridgehead atoms. The van der Waals surface area contributed by atoms with E-state index in [4.69, 9.17) is 5.73 Å². The van der Waals surface area contributed by atoms with Crippen LogP contribution in [0.1, 0.15) is 13.3 Å². The summed E-state index contributed by atoms with van der Waals surface area (Å²) >= 11 is 0. The first-order valence-electron chi connectivity index (χ1n) is 5.25. The first-order chi connectivity index (χ1) is 7.50. The molecule has 0 aliphatic carbocycles. The molecule has 1 aromatic heterocycles. The molecule has 3 N–H and O–H groups in total. The fourth-order valence-corrected chi connectivity index (χ4v) is 3.59. The number of nitrogens with two attached hydrogens (primary N) is 1. The van der Waals surface area contributed by atoms with Crippen molar-refractivity contribution in [3.05, 3.63) is 12.3 Å². The largest absolute Gasteiger partial charge is 0.326 e. The van der Waals surface area contributed by atoms with Crippen LogP contribution in [0.25, 0.3) is 0 Å². The first kappa shape index (κ1) is 11.6. The Balaban J connectivity index is 2.24. The molecule has 1 aliphatic rings. The Morgan fingerprint density at radius 2 is 2.31 bits per heavy atom. The number of rotatable bonds is 2. The van der Waals surface area contributed by atoms with Crippen molar-refractivity contribution in [1.29, 1.82) is 0 Å². The van der Waals surface area contributed by atoms with Crippen LogP contribution in [0.4, 0.5) is 0 Å². The average Bonchev–Trinajstić information content (AvgIpc) is 2.69. The molecule has 0 radical (unpaired) electrons. The lowest BCUT2D eigenvalue weighted by Crippen LogP contribution is -2.48. The molecule has 1 aliphatic heterocycles. The van der Waals surface area contributed by atoms with Gasteiger partial charge < -0.3 is 5.73 Å². The fraction of sp³-hybridized carbons (Fsp3) is 0.667. The van der Waals surface area contributed by atoms with Crippen molar-refractivity contribution in [2.45, 2.75) is 24.4 Å². The zero-order valence-corrected chi connectivity index (χ0v) is 9.94. The molecule has 0 spiro atoms. The normalized spacial score (nSPS) is 28.1. The van der Waals surface area contributed by atoms with Crippen molar-refractivity contribution in [2.75, 3.05) is 13.1 Å². The summed E-state index contributed by atoms with van der Waals surface area (Å²) in [6, 6.07) is 1.38. The maximum atomic E-state index is 12.1. The third kappa shape index (κ3) is 2.11. The van der Waals surface area contributed by atoms with Crippen LogP contribution in [0.3, 0.4) is 0 Å². The van der Waals surface area contributed by atoms with E-state index in [1.807, 2.05) is 6.92 Å². The third-order valence-corrected chi connectivity index (χ3v) is 4.51. The van der Waals surface area contributed by atoms with Gasteiger partial charge in [-0.2, -0.15) is 9.40 Å². The maximum absolute atomic E-state index is 12.1. The van der Waals surface area contributed by atoms with Gasteiger partial charge in [0, 0.05) is 19.1 Å². The summed E-state index contributed by atoms with van der Waals surface area (Å²) in [6.45, 7) is 2.91. The van der Waals surface area contributed by atoms with E-state index in [9.17, 15) is 8.42 Å². The van der Waals surface area contributed by atoms with Crippen molar-refractivity contribution in [2.24, 2.45) is 11.7 Å². The molecule has 16 heavy (non-hydrogen) atoms. The molecular weight excluding hydrogens is 228 g/mol. The predicted molar refractivity (Wildman–Crippen MR) is 59.1 cm³/mol. The Kier molecular flexibility index (Phi) is 3.00. The van der Waals surface area contributed by atoms with E-state index in [1.54, 1.807) is 0 Å².